The number of hydrogen-bond donors (Lipinski definition) is 0. The molecule has 23 heavy (non-hydrogen) atoms. The number of hydrogen-bond acceptors (Lipinski definition) is 5. The number of nitrogens with zero attached hydrogens (tertiary/aromatic N) is 4. The number of rotatable bonds is 3. The van der Waals surface area contributed by atoms with Crippen molar-refractivity contribution in [1.82, 2.24) is 15.1 Å². The van der Waals surface area contributed by atoms with E-state index in [1.807, 2.05) is 18.0 Å². The summed E-state index contributed by atoms with van der Waals surface area (Å²) in [6, 6.07) is 6.29. The molecule has 0 unspecified atom stereocenters. The third-order valence-electron chi connectivity index (χ3n) is 3.60. The zero-order valence-electron chi connectivity index (χ0n) is 13.7. The Labute approximate surface area is 134 Å². The van der Waals surface area contributed by atoms with E-state index in [9.17, 15) is 4.39 Å². The van der Waals surface area contributed by atoms with Crippen molar-refractivity contribution in [2.24, 2.45) is 0 Å². The van der Waals surface area contributed by atoms with Gasteiger partial charge in [-0.1, -0.05) is 25.9 Å². The summed E-state index contributed by atoms with van der Waals surface area (Å²) >= 11 is 0. The maximum absolute atomic E-state index is 13.2. The highest BCUT2D eigenvalue weighted by molar-refractivity contribution is 5.79. The highest BCUT2D eigenvalue weighted by atomic mass is 19.1. The van der Waals surface area contributed by atoms with Gasteiger partial charge < -0.3 is 9.42 Å². The first-order valence-corrected chi connectivity index (χ1v) is 7.43. The quantitative estimate of drug-likeness (QED) is 0.738. The standard InChI is InChI=1S/C17H19FN4O/c1-17(2,3)16-19-8-7-15(20-16)22(4)10-13-12-6-5-11(18)9-14(12)23-21-13/h5-9H,10H2,1-4H3. The molecule has 0 spiro atoms. The van der Waals surface area contributed by atoms with Gasteiger partial charge in [0, 0.05) is 30.1 Å². The smallest absolute Gasteiger partial charge is 0.170 e. The van der Waals surface area contributed by atoms with Gasteiger partial charge in [0.05, 0.1) is 6.54 Å². The van der Waals surface area contributed by atoms with Gasteiger partial charge in [0.2, 0.25) is 0 Å². The SMILES string of the molecule is CN(Cc1noc2cc(F)ccc12)c1ccnc(C(C)(C)C)n1. The van der Waals surface area contributed by atoms with Gasteiger partial charge in [-0.25, -0.2) is 14.4 Å². The fourth-order valence-corrected chi connectivity index (χ4v) is 2.31. The van der Waals surface area contributed by atoms with E-state index in [0.717, 1.165) is 22.7 Å². The Morgan fingerprint density at radius 1 is 1.22 bits per heavy atom. The molecule has 0 fully saturated rings. The molecule has 0 N–H and O–H groups in total. The third-order valence-corrected chi connectivity index (χ3v) is 3.60. The summed E-state index contributed by atoms with van der Waals surface area (Å²) in [5, 5.41) is 4.86. The predicted molar refractivity (Wildman–Crippen MR) is 86.8 cm³/mol. The highest BCUT2D eigenvalue weighted by Crippen LogP contribution is 2.23. The van der Waals surface area contributed by atoms with E-state index in [1.54, 1.807) is 12.3 Å². The molecule has 0 amide bonds. The predicted octanol–water partition coefficient (Wildman–Crippen LogP) is 3.69. The Morgan fingerprint density at radius 3 is 2.74 bits per heavy atom. The highest BCUT2D eigenvalue weighted by Gasteiger charge is 2.19. The van der Waals surface area contributed by atoms with Crippen LogP contribution in [0.1, 0.15) is 32.3 Å². The van der Waals surface area contributed by atoms with Gasteiger partial charge in [-0.3, -0.25) is 0 Å². The summed E-state index contributed by atoms with van der Waals surface area (Å²) in [5.41, 5.74) is 1.08. The van der Waals surface area contributed by atoms with Gasteiger partial charge in [-0.2, -0.15) is 0 Å². The normalized spacial score (nSPS) is 11.9. The van der Waals surface area contributed by atoms with E-state index in [4.69, 9.17) is 4.52 Å². The van der Waals surface area contributed by atoms with Crippen molar-refractivity contribution in [3.8, 4) is 0 Å². The molecule has 2 heterocycles. The van der Waals surface area contributed by atoms with Crippen LogP contribution >= 0.6 is 0 Å². The topological polar surface area (TPSA) is 55.1 Å². The van der Waals surface area contributed by atoms with Crippen LogP contribution < -0.4 is 4.90 Å². The summed E-state index contributed by atoms with van der Waals surface area (Å²) in [6.45, 7) is 6.74. The zero-order valence-corrected chi connectivity index (χ0v) is 13.7. The van der Waals surface area contributed by atoms with Crippen molar-refractivity contribution >= 4 is 16.8 Å². The average molecular weight is 314 g/mol. The Morgan fingerprint density at radius 2 is 2.00 bits per heavy atom. The van der Waals surface area contributed by atoms with Gasteiger partial charge >= 0.3 is 0 Å². The molecule has 0 bridgehead atoms. The molecule has 5 nitrogen and oxygen atoms in total. The molecule has 0 aliphatic carbocycles. The summed E-state index contributed by atoms with van der Waals surface area (Å²) in [5.74, 6) is 1.26. The van der Waals surface area contributed by atoms with Crippen LogP contribution in [0.3, 0.4) is 0 Å². The summed E-state index contributed by atoms with van der Waals surface area (Å²) < 4.78 is 18.4. The van der Waals surface area contributed by atoms with Crippen LogP contribution in [-0.4, -0.2) is 22.2 Å². The second-order valence-electron chi connectivity index (χ2n) is 6.61. The Hall–Kier alpha value is -2.50. The first-order chi connectivity index (χ1) is 10.8. The van der Waals surface area contributed by atoms with Gasteiger partial charge in [0.25, 0.3) is 0 Å². The summed E-state index contributed by atoms with van der Waals surface area (Å²) in [6.07, 6.45) is 1.76. The zero-order chi connectivity index (χ0) is 16.6. The van der Waals surface area contributed by atoms with Crippen molar-refractivity contribution in [2.45, 2.75) is 32.7 Å². The Bertz CT molecular complexity index is 838. The van der Waals surface area contributed by atoms with Crippen LogP contribution in [0.2, 0.25) is 0 Å². The van der Waals surface area contributed by atoms with Crippen LogP contribution in [0.5, 0.6) is 0 Å². The number of benzene rings is 1. The lowest BCUT2D eigenvalue weighted by Gasteiger charge is -2.21. The van der Waals surface area contributed by atoms with E-state index in [2.05, 4.69) is 35.9 Å². The largest absolute Gasteiger partial charge is 0.356 e. The number of aromatic nitrogens is 3. The monoisotopic (exact) mass is 314 g/mol. The molecule has 3 rings (SSSR count). The van der Waals surface area contributed by atoms with Crippen LogP contribution in [-0.2, 0) is 12.0 Å². The van der Waals surface area contributed by atoms with Gasteiger partial charge in [-0.15, -0.1) is 0 Å². The molecule has 0 atom stereocenters. The lowest BCUT2D eigenvalue weighted by atomic mass is 9.96. The lowest BCUT2D eigenvalue weighted by molar-refractivity contribution is 0.444. The van der Waals surface area contributed by atoms with Crippen molar-refractivity contribution in [3.63, 3.8) is 0 Å². The van der Waals surface area contributed by atoms with Crippen molar-refractivity contribution in [3.05, 3.63) is 47.8 Å². The molecule has 0 aliphatic heterocycles. The molecule has 6 heteroatoms. The van der Waals surface area contributed by atoms with Gasteiger partial charge in [0.1, 0.15) is 23.2 Å². The van der Waals surface area contributed by atoms with E-state index in [1.165, 1.54) is 12.1 Å². The average Bonchev–Trinajstić information content (AvgIpc) is 2.88. The third kappa shape index (κ3) is 3.16. The fourth-order valence-electron chi connectivity index (χ4n) is 2.31. The van der Waals surface area contributed by atoms with Crippen molar-refractivity contribution in [1.29, 1.82) is 0 Å². The van der Waals surface area contributed by atoms with Crippen molar-refractivity contribution in [2.75, 3.05) is 11.9 Å². The van der Waals surface area contributed by atoms with E-state index < -0.39 is 0 Å². The lowest BCUT2D eigenvalue weighted by Crippen LogP contribution is -2.22. The second kappa shape index (κ2) is 5.61. The minimum Gasteiger partial charge on any atom is -0.356 e. The van der Waals surface area contributed by atoms with Crippen LogP contribution in [0.4, 0.5) is 10.2 Å². The maximum atomic E-state index is 13.2. The summed E-state index contributed by atoms with van der Waals surface area (Å²) in [4.78, 5) is 10.9. The molecule has 0 saturated carbocycles. The van der Waals surface area contributed by atoms with Crippen LogP contribution in [0, 0.1) is 5.82 Å². The first kappa shape index (κ1) is 15.4. The molecule has 0 radical (unpaired) electrons. The van der Waals surface area contributed by atoms with Crippen molar-refractivity contribution < 1.29 is 8.91 Å². The molecule has 3 aromatic rings. The molecule has 120 valence electrons. The van der Waals surface area contributed by atoms with Gasteiger partial charge in [0.15, 0.2) is 5.58 Å². The number of fused-ring (bicyclic) bond motifs is 1. The fraction of sp³-hybridized carbons (Fsp3) is 0.353. The molecule has 1 aromatic carbocycles. The Balaban J connectivity index is 1.87. The Kier molecular flexibility index (Phi) is 3.75. The van der Waals surface area contributed by atoms with Gasteiger partial charge in [-0.05, 0) is 18.2 Å². The van der Waals surface area contributed by atoms with Crippen LogP contribution in [0.15, 0.2) is 35.0 Å². The van der Waals surface area contributed by atoms with E-state index >= 15 is 0 Å². The molecular weight excluding hydrogens is 295 g/mol. The molecule has 2 aromatic heterocycles. The molecule has 0 saturated heterocycles. The minimum atomic E-state index is -0.334. The minimum absolute atomic E-state index is 0.116. The summed E-state index contributed by atoms with van der Waals surface area (Å²) in [7, 11) is 1.93. The first-order valence-electron chi connectivity index (χ1n) is 7.43. The molecule has 0 aliphatic rings. The number of anilines is 1. The van der Waals surface area contributed by atoms with E-state index in [0.29, 0.717) is 12.1 Å². The van der Waals surface area contributed by atoms with E-state index in [-0.39, 0.29) is 11.2 Å². The second-order valence-corrected chi connectivity index (χ2v) is 6.61. The van der Waals surface area contributed by atoms with Crippen LogP contribution in [0.25, 0.3) is 11.0 Å². The molecular formula is C17H19FN4O. The number of halogens is 1. The maximum Gasteiger partial charge on any atom is 0.170 e.